The van der Waals surface area contributed by atoms with Crippen LogP contribution in [0.5, 0.6) is 0 Å². The number of carboxylic acids is 3. The summed E-state index contributed by atoms with van der Waals surface area (Å²) in [5.74, 6) is -3.13. The first kappa shape index (κ1) is 29.4. The van der Waals surface area contributed by atoms with E-state index < -0.39 is 30.0 Å². The predicted molar refractivity (Wildman–Crippen MR) is 71.0 cm³/mol. The SMILES string of the molecule is NC(CCC(=O)O)C(=O)O.NCCCCC(N)C(=O)O.[Mn].[Mn]. The van der Waals surface area contributed by atoms with Gasteiger partial charge in [-0.1, -0.05) is 6.42 Å². The topological polar surface area (TPSA) is 190 Å². The normalized spacial score (nSPS) is 11.6. The Hall–Kier alpha value is -0.671. The van der Waals surface area contributed by atoms with E-state index in [-0.39, 0.29) is 47.0 Å². The summed E-state index contributed by atoms with van der Waals surface area (Å²) in [7, 11) is 0. The van der Waals surface area contributed by atoms with Crippen LogP contribution in [0.2, 0.25) is 0 Å². The molecule has 0 amide bonds. The quantitative estimate of drug-likeness (QED) is 0.202. The average Bonchev–Trinajstić information content (AvgIpc) is 2.36. The molecule has 2 atom stereocenters. The second-order valence-corrected chi connectivity index (χ2v) is 4.11. The largest absolute Gasteiger partial charge is 0.481 e. The fourth-order valence-corrected chi connectivity index (χ4v) is 1.03. The van der Waals surface area contributed by atoms with Gasteiger partial charge >= 0.3 is 17.9 Å². The van der Waals surface area contributed by atoms with Gasteiger partial charge in [0.25, 0.3) is 0 Å². The van der Waals surface area contributed by atoms with Crippen LogP contribution in [-0.2, 0) is 48.5 Å². The standard InChI is InChI=1S/C6H14N2O2.C5H9NO4.2Mn/c7-4-2-1-3-5(8)6(9)10;6-3(5(9)10)1-2-4(7)8;;/h5H,1-4,7-8H2,(H,9,10);3H,1-2,6H2,(H,7,8)(H,9,10);;. The van der Waals surface area contributed by atoms with Gasteiger partial charge in [-0.15, -0.1) is 0 Å². The summed E-state index contributed by atoms with van der Waals surface area (Å²) in [5.41, 5.74) is 15.4. The molecule has 0 saturated carbocycles. The number of hydrogen-bond acceptors (Lipinski definition) is 6. The first-order valence-electron chi connectivity index (χ1n) is 6.11. The molecule has 0 bridgehead atoms. The van der Waals surface area contributed by atoms with Crippen LogP contribution >= 0.6 is 0 Å². The summed E-state index contributed by atoms with van der Waals surface area (Å²) in [6.07, 6.45) is 1.94. The number of carbonyl (C=O) groups is 3. The monoisotopic (exact) mass is 403 g/mol. The number of rotatable bonds is 9. The third-order valence-electron chi connectivity index (χ3n) is 2.27. The molecule has 0 spiro atoms. The smallest absolute Gasteiger partial charge is 0.320 e. The van der Waals surface area contributed by atoms with Crippen molar-refractivity contribution in [2.75, 3.05) is 6.54 Å². The van der Waals surface area contributed by atoms with Crippen molar-refractivity contribution >= 4 is 17.9 Å². The summed E-state index contributed by atoms with van der Waals surface area (Å²) < 4.78 is 0. The molecule has 0 aromatic rings. The van der Waals surface area contributed by atoms with Crippen molar-refractivity contribution in [3.05, 3.63) is 0 Å². The Bertz CT molecular complexity index is 320. The van der Waals surface area contributed by atoms with Crippen LogP contribution in [0.15, 0.2) is 0 Å². The number of unbranched alkanes of at least 4 members (excludes halogenated alkanes) is 1. The number of nitrogens with two attached hydrogens (primary N) is 3. The Morgan fingerprint density at radius 2 is 1.23 bits per heavy atom. The maximum absolute atomic E-state index is 10.1. The van der Waals surface area contributed by atoms with E-state index in [4.69, 9.17) is 32.5 Å². The second-order valence-electron chi connectivity index (χ2n) is 4.11. The van der Waals surface area contributed by atoms with Crippen LogP contribution in [0.25, 0.3) is 0 Å². The van der Waals surface area contributed by atoms with Gasteiger partial charge in [-0.25, -0.2) is 0 Å². The van der Waals surface area contributed by atoms with Gasteiger partial charge in [0.15, 0.2) is 0 Å². The van der Waals surface area contributed by atoms with Crippen LogP contribution in [0.4, 0.5) is 0 Å². The van der Waals surface area contributed by atoms with Crippen molar-refractivity contribution in [3.8, 4) is 0 Å². The third kappa shape index (κ3) is 21.6. The maximum atomic E-state index is 10.1. The maximum Gasteiger partial charge on any atom is 0.320 e. The molecule has 2 unspecified atom stereocenters. The van der Waals surface area contributed by atoms with Gasteiger partial charge in [-0.2, -0.15) is 0 Å². The fourth-order valence-electron chi connectivity index (χ4n) is 1.03. The van der Waals surface area contributed by atoms with E-state index >= 15 is 0 Å². The van der Waals surface area contributed by atoms with Gasteiger partial charge in [0.05, 0.1) is 0 Å². The molecule has 0 aliphatic rings. The number of hydrogen-bond donors (Lipinski definition) is 6. The zero-order chi connectivity index (χ0) is 16.1. The van der Waals surface area contributed by atoms with Gasteiger partial charge in [0.2, 0.25) is 0 Å². The van der Waals surface area contributed by atoms with Crippen LogP contribution in [0, 0.1) is 0 Å². The van der Waals surface area contributed by atoms with Crippen molar-refractivity contribution in [3.63, 3.8) is 0 Å². The Kier molecular flexibility index (Phi) is 24.5. The number of carboxylic acid groups (broad SMARTS) is 3. The van der Waals surface area contributed by atoms with Crippen molar-refractivity contribution in [2.45, 2.75) is 44.2 Å². The van der Waals surface area contributed by atoms with Crippen LogP contribution in [0.1, 0.15) is 32.1 Å². The molecule has 2 radical (unpaired) electrons. The predicted octanol–water partition coefficient (Wildman–Crippen LogP) is -1.21. The van der Waals surface area contributed by atoms with Gasteiger partial charge in [0.1, 0.15) is 12.1 Å². The molecule has 132 valence electrons. The van der Waals surface area contributed by atoms with Crippen molar-refractivity contribution in [1.82, 2.24) is 0 Å². The van der Waals surface area contributed by atoms with E-state index in [1.807, 2.05) is 0 Å². The minimum atomic E-state index is -1.17. The van der Waals surface area contributed by atoms with Gasteiger partial charge in [-0.3, -0.25) is 14.4 Å². The minimum absolute atomic E-state index is 0. The summed E-state index contributed by atoms with van der Waals surface area (Å²) in [4.78, 5) is 30.0. The molecule has 0 rings (SSSR count). The molecule has 22 heavy (non-hydrogen) atoms. The molecule has 11 heteroatoms. The molecule has 0 aliphatic carbocycles. The van der Waals surface area contributed by atoms with E-state index in [1.165, 1.54) is 0 Å². The van der Waals surface area contributed by atoms with Crippen molar-refractivity contribution in [2.24, 2.45) is 17.2 Å². The van der Waals surface area contributed by atoms with E-state index in [9.17, 15) is 14.4 Å². The Morgan fingerprint density at radius 1 is 0.818 bits per heavy atom. The van der Waals surface area contributed by atoms with Crippen LogP contribution in [0.3, 0.4) is 0 Å². The third-order valence-corrected chi connectivity index (χ3v) is 2.27. The Labute approximate surface area is 149 Å². The van der Waals surface area contributed by atoms with Crippen LogP contribution in [-0.4, -0.2) is 51.9 Å². The first-order chi connectivity index (χ1) is 9.22. The molecule has 9 nitrogen and oxygen atoms in total. The second kappa shape index (κ2) is 18.4. The van der Waals surface area contributed by atoms with E-state index in [0.717, 1.165) is 12.8 Å². The van der Waals surface area contributed by atoms with Gasteiger partial charge in [0, 0.05) is 40.6 Å². The molecule has 0 aromatic carbocycles. The van der Waals surface area contributed by atoms with Gasteiger partial charge in [-0.05, 0) is 25.8 Å². The molecule has 0 aliphatic heterocycles. The Balaban J connectivity index is -0.000000135. The first-order valence-corrected chi connectivity index (χ1v) is 6.11. The minimum Gasteiger partial charge on any atom is -0.481 e. The molecular formula is C11H23Mn2N3O6. The zero-order valence-corrected chi connectivity index (χ0v) is 14.3. The van der Waals surface area contributed by atoms with E-state index in [1.54, 1.807) is 0 Å². The van der Waals surface area contributed by atoms with Crippen LogP contribution < -0.4 is 17.2 Å². The van der Waals surface area contributed by atoms with E-state index in [0.29, 0.717) is 13.0 Å². The molecular weight excluding hydrogens is 380 g/mol. The average molecular weight is 403 g/mol. The molecule has 9 N–H and O–H groups in total. The van der Waals surface area contributed by atoms with Gasteiger partial charge < -0.3 is 32.5 Å². The molecule has 0 aromatic heterocycles. The molecule has 0 fully saturated rings. The van der Waals surface area contributed by atoms with E-state index in [2.05, 4.69) is 0 Å². The summed E-state index contributed by atoms with van der Waals surface area (Å²) in [5, 5.41) is 24.6. The molecule has 0 heterocycles. The Morgan fingerprint density at radius 3 is 1.55 bits per heavy atom. The van der Waals surface area contributed by atoms with Crippen molar-refractivity contribution < 1.29 is 63.8 Å². The summed E-state index contributed by atoms with van der Waals surface area (Å²) in [6, 6.07) is -1.78. The molecule has 0 saturated heterocycles. The van der Waals surface area contributed by atoms with Crippen molar-refractivity contribution in [1.29, 1.82) is 0 Å². The summed E-state index contributed by atoms with van der Waals surface area (Å²) in [6.45, 7) is 0.604. The summed E-state index contributed by atoms with van der Waals surface area (Å²) >= 11 is 0. The zero-order valence-electron chi connectivity index (χ0n) is 12.0. The fraction of sp³-hybridized carbons (Fsp3) is 0.727. The number of aliphatic carboxylic acids is 3.